The maximum atomic E-state index is 3.60. The summed E-state index contributed by atoms with van der Waals surface area (Å²) in [6, 6.07) is 0. The van der Waals surface area contributed by atoms with Crippen LogP contribution >= 0.6 is 0 Å². The van der Waals surface area contributed by atoms with Crippen molar-refractivity contribution in [3.63, 3.8) is 0 Å². The van der Waals surface area contributed by atoms with Crippen LogP contribution in [0.25, 0.3) is 0 Å². The Morgan fingerprint density at radius 2 is 2.00 bits per heavy atom. The zero-order valence-electron chi connectivity index (χ0n) is 7.09. The first-order valence-corrected chi connectivity index (χ1v) is 3.61. The van der Waals surface area contributed by atoms with Crippen LogP contribution in [-0.4, -0.2) is 0 Å². The summed E-state index contributed by atoms with van der Waals surface area (Å²) in [7, 11) is 0. The van der Waals surface area contributed by atoms with Gasteiger partial charge in [-0.15, -0.1) is 0 Å². The molecule has 0 saturated carbocycles. The van der Waals surface area contributed by atoms with Gasteiger partial charge < -0.3 is 0 Å². The van der Waals surface area contributed by atoms with E-state index in [2.05, 4.69) is 39.5 Å². The van der Waals surface area contributed by atoms with E-state index >= 15 is 0 Å². The molecule has 0 nitrogen and oxygen atoms in total. The predicted molar refractivity (Wildman–Crippen MR) is 47.9 cm³/mol. The van der Waals surface area contributed by atoms with Crippen LogP contribution in [0.1, 0.15) is 20.8 Å². The van der Waals surface area contributed by atoms with Crippen molar-refractivity contribution in [3.05, 3.63) is 36.5 Å². The minimum Gasteiger partial charge on any atom is -0.0991 e. The van der Waals surface area contributed by atoms with Gasteiger partial charge in [-0.3, -0.25) is 0 Å². The SMILES string of the molecule is C=C/C=C/C(C)C=C(C)C. The molecule has 0 aliphatic carbocycles. The Hall–Kier alpha value is -0.780. The quantitative estimate of drug-likeness (QED) is 0.412. The molecule has 0 aromatic carbocycles. The zero-order valence-corrected chi connectivity index (χ0v) is 7.09. The monoisotopic (exact) mass is 136 g/mol. The van der Waals surface area contributed by atoms with Crippen molar-refractivity contribution in [1.82, 2.24) is 0 Å². The molecule has 0 aromatic rings. The average molecular weight is 136 g/mol. The summed E-state index contributed by atoms with van der Waals surface area (Å²) < 4.78 is 0. The smallest absolute Gasteiger partial charge is 0.00763 e. The Balaban J connectivity index is 3.85. The lowest BCUT2D eigenvalue weighted by Crippen LogP contribution is -1.82. The van der Waals surface area contributed by atoms with E-state index in [0.717, 1.165) is 0 Å². The van der Waals surface area contributed by atoms with Crippen molar-refractivity contribution < 1.29 is 0 Å². The number of allylic oxidation sites excluding steroid dienone is 5. The van der Waals surface area contributed by atoms with Crippen molar-refractivity contribution in [2.45, 2.75) is 20.8 Å². The molecule has 0 heterocycles. The van der Waals surface area contributed by atoms with Gasteiger partial charge in [0.1, 0.15) is 0 Å². The molecule has 0 saturated heterocycles. The second kappa shape index (κ2) is 5.04. The van der Waals surface area contributed by atoms with Crippen LogP contribution in [0.2, 0.25) is 0 Å². The van der Waals surface area contributed by atoms with E-state index in [-0.39, 0.29) is 0 Å². The highest BCUT2D eigenvalue weighted by Crippen LogP contribution is 2.03. The van der Waals surface area contributed by atoms with Gasteiger partial charge in [0.25, 0.3) is 0 Å². The maximum Gasteiger partial charge on any atom is -0.00763 e. The standard InChI is InChI=1S/C10H16/c1-5-6-7-10(4)8-9(2)3/h5-8,10H,1H2,2-4H3/b7-6+. The van der Waals surface area contributed by atoms with E-state index < -0.39 is 0 Å². The third-order valence-corrected chi connectivity index (χ3v) is 1.15. The molecule has 0 radical (unpaired) electrons. The second-order valence-corrected chi connectivity index (χ2v) is 2.72. The summed E-state index contributed by atoms with van der Waals surface area (Å²) in [4.78, 5) is 0. The van der Waals surface area contributed by atoms with Gasteiger partial charge in [-0.2, -0.15) is 0 Å². The fraction of sp³-hybridized carbons (Fsp3) is 0.400. The van der Waals surface area contributed by atoms with Crippen molar-refractivity contribution >= 4 is 0 Å². The Kier molecular flexibility index (Phi) is 4.65. The van der Waals surface area contributed by atoms with Crippen LogP contribution in [0, 0.1) is 5.92 Å². The molecule has 0 aromatic heterocycles. The molecular formula is C10H16. The van der Waals surface area contributed by atoms with Crippen LogP contribution < -0.4 is 0 Å². The molecule has 1 unspecified atom stereocenters. The van der Waals surface area contributed by atoms with Gasteiger partial charge in [-0.1, -0.05) is 43.4 Å². The average Bonchev–Trinajstić information content (AvgIpc) is 1.82. The van der Waals surface area contributed by atoms with E-state index in [1.165, 1.54) is 5.57 Å². The molecule has 0 aliphatic rings. The summed E-state index contributed by atoms with van der Waals surface area (Å²) in [5.74, 6) is 0.531. The molecule has 0 heteroatoms. The predicted octanol–water partition coefficient (Wildman–Crippen LogP) is 3.33. The number of hydrogen-bond donors (Lipinski definition) is 0. The van der Waals surface area contributed by atoms with Gasteiger partial charge in [0.05, 0.1) is 0 Å². The minimum absolute atomic E-state index is 0.531. The van der Waals surface area contributed by atoms with E-state index in [4.69, 9.17) is 0 Å². The topological polar surface area (TPSA) is 0 Å². The number of rotatable bonds is 3. The van der Waals surface area contributed by atoms with Crippen LogP contribution in [-0.2, 0) is 0 Å². The molecule has 0 N–H and O–H groups in total. The molecule has 0 aliphatic heterocycles. The fourth-order valence-electron chi connectivity index (χ4n) is 0.835. The summed E-state index contributed by atoms with van der Waals surface area (Å²) in [5, 5.41) is 0. The lowest BCUT2D eigenvalue weighted by molar-refractivity contribution is 0.925. The van der Waals surface area contributed by atoms with Crippen LogP contribution in [0.5, 0.6) is 0 Å². The highest BCUT2D eigenvalue weighted by molar-refractivity contribution is 5.07. The van der Waals surface area contributed by atoms with E-state index in [1.807, 2.05) is 6.08 Å². The molecule has 0 spiro atoms. The molecule has 0 fully saturated rings. The van der Waals surface area contributed by atoms with Gasteiger partial charge in [0.2, 0.25) is 0 Å². The molecule has 56 valence electrons. The summed E-state index contributed by atoms with van der Waals surface area (Å²) in [6.07, 6.45) is 8.12. The normalized spacial score (nSPS) is 13.1. The number of hydrogen-bond acceptors (Lipinski definition) is 0. The molecule has 0 rings (SSSR count). The third kappa shape index (κ3) is 5.36. The fourth-order valence-corrected chi connectivity index (χ4v) is 0.835. The van der Waals surface area contributed by atoms with Gasteiger partial charge >= 0.3 is 0 Å². The zero-order chi connectivity index (χ0) is 7.98. The van der Waals surface area contributed by atoms with Crippen molar-refractivity contribution in [3.8, 4) is 0 Å². The van der Waals surface area contributed by atoms with E-state index in [1.54, 1.807) is 6.08 Å². The van der Waals surface area contributed by atoms with Gasteiger partial charge in [0, 0.05) is 0 Å². The van der Waals surface area contributed by atoms with E-state index in [0.29, 0.717) is 5.92 Å². The van der Waals surface area contributed by atoms with Crippen LogP contribution in [0.3, 0.4) is 0 Å². The van der Waals surface area contributed by atoms with E-state index in [9.17, 15) is 0 Å². The van der Waals surface area contributed by atoms with Gasteiger partial charge in [0.15, 0.2) is 0 Å². The highest BCUT2D eigenvalue weighted by atomic mass is 13.9. The Morgan fingerprint density at radius 1 is 1.40 bits per heavy atom. The molecule has 10 heavy (non-hydrogen) atoms. The lowest BCUT2D eigenvalue weighted by Gasteiger charge is -1.97. The summed E-state index contributed by atoms with van der Waals surface area (Å²) in [5.41, 5.74) is 1.36. The Bertz CT molecular complexity index is 145. The van der Waals surface area contributed by atoms with Crippen LogP contribution in [0.15, 0.2) is 36.5 Å². The molecule has 0 bridgehead atoms. The van der Waals surface area contributed by atoms with Gasteiger partial charge in [-0.05, 0) is 19.8 Å². The molecular weight excluding hydrogens is 120 g/mol. The third-order valence-electron chi connectivity index (χ3n) is 1.15. The molecule has 0 amide bonds. The lowest BCUT2D eigenvalue weighted by atomic mass is 10.1. The van der Waals surface area contributed by atoms with Crippen molar-refractivity contribution in [1.29, 1.82) is 0 Å². The van der Waals surface area contributed by atoms with Crippen molar-refractivity contribution in [2.75, 3.05) is 0 Å². The minimum atomic E-state index is 0.531. The Labute approximate surface area is 64.0 Å². The first-order chi connectivity index (χ1) is 4.66. The second-order valence-electron chi connectivity index (χ2n) is 2.72. The Morgan fingerprint density at radius 3 is 2.40 bits per heavy atom. The first kappa shape index (κ1) is 9.22. The van der Waals surface area contributed by atoms with Crippen LogP contribution in [0.4, 0.5) is 0 Å². The van der Waals surface area contributed by atoms with Gasteiger partial charge in [-0.25, -0.2) is 0 Å². The van der Waals surface area contributed by atoms with Crippen molar-refractivity contribution in [2.24, 2.45) is 5.92 Å². The summed E-state index contributed by atoms with van der Waals surface area (Å²) in [6.45, 7) is 9.98. The summed E-state index contributed by atoms with van der Waals surface area (Å²) >= 11 is 0. The molecule has 1 atom stereocenters. The highest BCUT2D eigenvalue weighted by Gasteiger charge is 1.87. The first-order valence-electron chi connectivity index (χ1n) is 3.61. The maximum absolute atomic E-state index is 3.60. The largest absolute Gasteiger partial charge is 0.0991 e.